The Morgan fingerprint density at radius 2 is 1.94 bits per heavy atom. The maximum Gasteiger partial charge on any atom is 0.248 e. The number of thiazole rings is 1. The van der Waals surface area contributed by atoms with Crippen LogP contribution in [0.1, 0.15) is 19.2 Å². The zero-order valence-corrected chi connectivity index (χ0v) is 19.4. The number of amides is 1. The van der Waals surface area contributed by atoms with Crippen molar-refractivity contribution in [1.82, 2.24) is 15.2 Å². The van der Waals surface area contributed by atoms with Gasteiger partial charge in [0.2, 0.25) is 17.7 Å². The van der Waals surface area contributed by atoms with Crippen LogP contribution in [0.3, 0.4) is 0 Å². The standard InChI is InChI=1S/C24H20N4O3S2/c1-2-30-18-9-7-17(8-10-18)28(24-25-19-5-3-4-6-20(19)33-24)22(29)12-11-21-26-27-23(31-21)16-13-14-32-15-16/h3-10,13-15H,2,11-12H2,1H3. The number of rotatable bonds is 8. The molecule has 0 aliphatic heterocycles. The molecule has 0 N–H and O–H groups in total. The van der Waals surface area contributed by atoms with Gasteiger partial charge in [-0.15, -0.1) is 10.2 Å². The van der Waals surface area contributed by atoms with Gasteiger partial charge in [-0.25, -0.2) is 4.98 Å². The second-order valence-corrected chi connectivity index (χ2v) is 8.92. The number of para-hydroxylation sites is 1. The predicted octanol–water partition coefficient (Wildman–Crippen LogP) is 6.10. The molecule has 7 nitrogen and oxygen atoms in total. The molecule has 0 saturated carbocycles. The van der Waals surface area contributed by atoms with Crippen LogP contribution in [0.4, 0.5) is 10.8 Å². The fourth-order valence-electron chi connectivity index (χ4n) is 3.36. The first-order valence-corrected chi connectivity index (χ1v) is 12.2. The van der Waals surface area contributed by atoms with Gasteiger partial charge in [0.05, 0.1) is 22.5 Å². The summed E-state index contributed by atoms with van der Waals surface area (Å²) < 4.78 is 12.3. The van der Waals surface area contributed by atoms with Crippen molar-refractivity contribution in [3.05, 3.63) is 71.2 Å². The highest BCUT2D eigenvalue weighted by molar-refractivity contribution is 7.22. The van der Waals surface area contributed by atoms with Crippen molar-refractivity contribution in [2.75, 3.05) is 11.5 Å². The van der Waals surface area contributed by atoms with Crippen molar-refractivity contribution in [3.8, 4) is 17.2 Å². The lowest BCUT2D eigenvalue weighted by Gasteiger charge is -2.20. The number of ether oxygens (including phenoxy) is 1. The van der Waals surface area contributed by atoms with Gasteiger partial charge in [0.25, 0.3) is 0 Å². The van der Waals surface area contributed by atoms with Crippen molar-refractivity contribution in [2.24, 2.45) is 0 Å². The van der Waals surface area contributed by atoms with E-state index in [9.17, 15) is 4.79 Å². The minimum Gasteiger partial charge on any atom is -0.494 e. The van der Waals surface area contributed by atoms with Gasteiger partial charge in [0, 0.05) is 23.8 Å². The molecule has 0 aliphatic rings. The number of benzene rings is 2. The summed E-state index contributed by atoms with van der Waals surface area (Å²) in [5, 5.41) is 12.7. The van der Waals surface area contributed by atoms with Crippen LogP contribution < -0.4 is 9.64 Å². The van der Waals surface area contributed by atoms with Crippen molar-refractivity contribution < 1.29 is 13.9 Å². The summed E-state index contributed by atoms with van der Waals surface area (Å²) >= 11 is 3.04. The number of fused-ring (bicyclic) bond motifs is 1. The first-order chi connectivity index (χ1) is 16.2. The zero-order chi connectivity index (χ0) is 22.6. The quantitative estimate of drug-likeness (QED) is 0.269. The van der Waals surface area contributed by atoms with E-state index >= 15 is 0 Å². The Labute approximate surface area is 198 Å². The normalized spacial score (nSPS) is 11.1. The molecule has 0 fully saturated rings. The molecule has 0 spiro atoms. The van der Waals surface area contributed by atoms with Crippen molar-refractivity contribution in [2.45, 2.75) is 19.8 Å². The molecule has 3 heterocycles. The smallest absolute Gasteiger partial charge is 0.248 e. The Morgan fingerprint density at radius 3 is 2.70 bits per heavy atom. The number of aryl methyl sites for hydroxylation is 1. The van der Waals surface area contributed by atoms with E-state index in [0.29, 0.717) is 29.9 Å². The fraction of sp³-hybridized carbons (Fsp3) is 0.167. The molecule has 0 aliphatic carbocycles. The summed E-state index contributed by atoms with van der Waals surface area (Å²) in [6, 6.07) is 17.2. The van der Waals surface area contributed by atoms with Crippen LogP contribution >= 0.6 is 22.7 Å². The van der Waals surface area contributed by atoms with Gasteiger partial charge in [-0.3, -0.25) is 9.69 Å². The summed E-state index contributed by atoms with van der Waals surface area (Å²) in [6.07, 6.45) is 0.544. The van der Waals surface area contributed by atoms with Crippen molar-refractivity contribution >= 4 is 49.6 Å². The Balaban J connectivity index is 1.40. The summed E-state index contributed by atoms with van der Waals surface area (Å²) in [6.45, 7) is 2.52. The van der Waals surface area contributed by atoms with Gasteiger partial charge >= 0.3 is 0 Å². The molecule has 2 aromatic carbocycles. The molecule has 1 amide bonds. The van der Waals surface area contributed by atoms with Gasteiger partial charge in [-0.2, -0.15) is 11.3 Å². The number of thiophene rings is 1. The molecule has 9 heteroatoms. The Bertz CT molecular complexity index is 1330. The number of carbonyl (C=O) groups excluding carboxylic acids is 1. The highest BCUT2D eigenvalue weighted by atomic mass is 32.1. The van der Waals surface area contributed by atoms with Crippen LogP contribution in [-0.2, 0) is 11.2 Å². The lowest BCUT2D eigenvalue weighted by Crippen LogP contribution is -2.26. The first-order valence-electron chi connectivity index (χ1n) is 10.5. The van der Waals surface area contributed by atoms with Crippen LogP contribution in [0.25, 0.3) is 21.7 Å². The van der Waals surface area contributed by atoms with E-state index < -0.39 is 0 Å². The molecule has 0 unspecified atom stereocenters. The Hall–Kier alpha value is -3.56. The van der Waals surface area contributed by atoms with E-state index in [4.69, 9.17) is 14.1 Å². The molecule has 5 rings (SSSR count). The van der Waals surface area contributed by atoms with E-state index in [1.54, 1.807) is 16.2 Å². The van der Waals surface area contributed by atoms with Crippen LogP contribution in [0.5, 0.6) is 5.75 Å². The van der Waals surface area contributed by atoms with Gasteiger partial charge in [0.1, 0.15) is 5.75 Å². The Morgan fingerprint density at radius 1 is 1.09 bits per heavy atom. The third kappa shape index (κ3) is 4.64. The van der Waals surface area contributed by atoms with Gasteiger partial charge in [-0.1, -0.05) is 23.5 Å². The first kappa shape index (κ1) is 21.3. The number of aromatic nitrogens is 3. The maximum absolute atomic E-state index is 13.4. The second-order valence-electron chi connectivity index (χ2n) is 7.13. The van der Waals surface area contributed by atoms with Crippen LogP contribution in [0.15, 0.2) is 69.8 Å². The number of anilines is 2. The highest BCUT2D eigenvalue weighted by Crippen LogP contribution is 2.35. The lowest BCUT2D eigenvalue weighted by molar-refractivity contribution is -0.117. The largest absolute Gasteiger partial charge is 0.494 e. The Kier molecular flexibility index (Phi) is 6.14. The van der Waals surface area contributed by atoms with Gasteiger partial charge < -0.3 is 9.15 Å². The van der Waals surface area contributed by atoms with E-state index in [-0.39, 0.29) is 12.3 Å². The topological polar surface area (TPSA) is 81.4 Å². The number of nitrogens with zero attached hydrogens (tertiary/aromatic N) is 4. The van der Waals surface area contributed by atoms with E-state index in [1.807, 2.05) is 72.3 Å². The molecule has 166 valence electrons. The lowest BCUT2D eigenvalue weighted by atomic mass is 10.2. The van der Waals surface area contributed by atoms with Crippen molar-refractivity contribution in [3.63, 3.8) is 0 Å². The van der Waals surface area contributed by atoms with Crippen LogP contribution in [0.2, 0.25) is 0 Å². The molecular formula is C24H20N4O3S2. The number of carbonyl (C=O) groups is 1. The zero-order valence-electron chi connectivity index (χ0n) is 17.8. The average Bonchev–Trinajstić information content (AvgIpc) is 3.59. The molecule has 5 aromatic rings. The summed E-state index contributed by atoms with van der Waals surface area (Å²) in [7, 11) is 0. The predicted molar refractivity (Wildman–Crippen MR) is 130 cm³/mol. The summed E-state index contributed by atoms with van der Waals surface area (Å²) in [4.78, 5) is 19.8. The minimum atomic E-state index is -0.103. The van der Waals surface area contributed by atoms with E-state index in [0.717, 1.165) is 27.2 Å². The second kappa shape index (κ2) is 9.51. The van der Waals surface area contributed by atoms with Crippen molar-refractivity contribution in [1.29, 1.82) is 0 Å². The molecule has 33 heavy (non-hydrogen) atoms. The van der Waals surface area contributed by atoms with Crippen LogP contribution in [0, 0.1) is 0 Å². The molecule has 0 atom stereocenters. The SMILES string of the molecule is CCOc1ccc(N(C(=O)CCc2nnc(-c3ccsc3)o2)c2nc3ccccc3s2)cc1. The number of hydrogen-bond donors (Lipinski definition) is 0. The molecule has 0 bridgehead atoms. The van der Waals surface area contributed by atoms with Gasteiger partial charge in [0.15, 0.2) is 5.13 Å². The van der Waals surface area contributed by atoms with Gasteiger partial charge in [-0.05, 0) is 54.8 Å². The monoisotopic (exact) mass is 476 g/mol. The van der Waals surface area contributed by atoms with E-state index in [2.05, 4.69) is 10.2 Å². The average molecular weight is 477 g/mol. The third-order valence-electron chi connectivity index (χ3n) is 4.92. The molecule has 3 aromatic heterocycles. The van der Waals surface area contributed by atoms with Crippen LogP contribution in [-0.4, -0.2) is 27.7 Å². The summed E-state index contributed by atoms with van der Waals surface area (Å²) in [5.41, 5.74) is 2.47. The maximum atomic E-state index is 13.4. The highest BCUT2D eigenvalue weighted by Gasteiger charge is 2.23. The van der Waals surface area contributed by atoms with E-state index in [1.165, 1.54) is 11.3 Å². The summed E-state index contributed by atoms with van der Waals surface area (Å²) in [5.74, 6) is 1.55. The minimum absolute atomic E-state index is 0.103. The molecule has 0 saturated heterocycles. The third-order valence-corrected chi connectivity index (χ3v) is 6.62. The molecular weight excluding hydrogens is 456 g/mol. The number of hydrogen-bond acceptors (Lipinski definition) is 8. The fourth-order valence-corrected chi connectivity index (χ4v) is 4.99. The molecule has 0 radical (unpaired) electrons.